The quantitative estimate of drug-likeness (QED) is 0.803. The average molecular weight is 351 g/mol. The maximum atomic E-state index is 10.6. The Kier molecular flexibility index (Phi) is 5.79. The van der Waals surface area contributed by atoms with Crippen molar-refractivity contribution in [2.75, 3.05) is 20.3 Å². The van der Waals surface area contributed by atoms with Crippen LogP contribution in [0, 0.1) is 6.92 Å². The van der Waals surface area contributed by atoms with Crippen molar-refractivity contribution in [1.82, 2.24) is 0 Å². The molecule has 2 aromatic rings. The van der Waals surface area contributed by atoms with E-state index in [1.807, 2.05) is 49.4 Å². The third-order valence-electron chi connectivity index (χ3n) is 3.14. The Balaban J connectivity index is 2.27. The summed E-state index contributed by atoms with van der Waals surface area (Å²) >= 11 is 3.46. The number of rotatable bonds is 6. The molecule has 0 amide bonds. The van der Waals surface area contributed by atoms with Crippen LogP contribution in [0.25, 0.3) is 0 Å². The van der Waals surface area contributed by atoms with Crippen molar-refractivity contribution in [2.45, 2.75) is 13.0 Å². The minimum atomic E-state index is -0.722. The molecule has 0 aliphatic rings. The lowest BCUT2D eigenvalue weighted by Gasteiger charge is -2.17. The summed E-state index contributed by atoms with van der Waals surface area (Å²) in [5, 5.41) is 10.6. The first-order chi connectivity index (χ1) is 10.1. The Bertz CT molecular complexity index is 578. The molecule has 0 aliphatic heterocycles. The van der Waals surface area contributed by atoms with Crippen molar-refractivity contribution in [3.63, 3.8) is 0 Å². The highest BCUT2D eigenvalue weighted by Crippen LogP contribution is 2.31. The van der Waals surface area contributed by atoms with Crippen LogP contribution >= 0.6 is 15.9 Å². The van der Waals surface area contributed by atoms with Gasteiger partial charge in [0.05, 0.1) is 6.61 Å². The zero-order valence-corrected chi connectivity index (χ0v) is 13.8. The van der Waals surface area contributed by atoms with E-state index in [1.165, 1.54) is 0 Å². The van der Waals surface area contributed by atoms with Crippen LogP contribution in [0.5, 0.6) is 5.75 Å². The predicted octanol–water partition coefficient (Wildman–Crippen LogP) is 3.86. The summed E-state index contributed by atoms with van der Waals surface area (Å²) < 4.78 is 11.6. The fourth-order valence-electron chi connectivity index (χ4n) is 2.17. The zero-order valence-electron chi connectivity index (χ0n) is 12.2. The summed E-state index contributed by atoms with van der Waals surface area (Å²) in [5.74, 6) is 0.680. The number of aliphatic hydroxyl groups excluding tert-OH is 1. The van der Waals surface area contributed by atoms with Crippen molar-refractivity contribution in [2.24, 2.45) is 0 Å². The first-order valence-corrected chi connectivity index (χ1v) is 7.57. The molecule has 0 fully saturated rings. The topological polar surface area (TPSA) is 38.7 Å². The van der Waals surface area contributed by atoms with Gasteiger partial charge in [0, 0.05) is 17.1 Å². The molecule has 21 heavy (non-hydrogen) atoms. The van der Waals surface area contributed by atoms with Gasteiger partial charge in [-0.25, -0.2) is 0 Å². The fourth-order valence-corrected chi connectivity index (χ4v) is 2.80. The zero-order chi connectivity index (χ0) is 15.2. The third kappa shape index (κ3) is 4.30. The van der Waals surface area contributed by atoms with Gasteiger partial charge in [0.15, 0.2) is 0 Å². The summed E-state index contributed by atoms with van der Waals surface area (Å²) in [5.41, 5.74) is 2.69. The van der Waals surface area contributed by atoms with Gasteiger partial charge < -0.3 is 14.6 Å². The lowest BCUT2D eigenvalue weighted by molar-refractivity contribution is 0.142. The summed E-state index contributed by atoms with van der Waals surface area (Å²) in [4.78, 5) is 0. The van der Waals surface area contributed by atoms with Crippen molar-refractivity contribution in [3.05, 3.63) is 63.6 Å². The minimum absolute atomic E-state index is 0.456. The fraction of sp³-hybridized carbons (Fsp3) is 0.294. The van der Waals surface area contributed by atoms with E-state index in [9.17, 15) is 5.11 Å². The summed E-state index contributed by atoms with van der Waals surface area (Å²) in [6, 6.07) is 13.4. The summed E-state index contributed by atoms with van der Waals surface area (Å²) in [7, 11) is 1.63. The Morgan fingerprint density at radius 1 is 1.14 bits per heavy atom. The molecular formula is C17H19BrO3. The monoisotopic (exact) mass is 350 g/mol. The van der Waals surface area contributed by atoms with Crippen molar-refractivity contribution in [1.29, 1.82) is 0 Å². The van der Waals surface area contributed by atoms with Gasteiger partial charge in [0.2, 0.25) is 0 Å². The van der Waals surface area contributed by atoms with E-state index in [4.69, 9.17) is 9.47 Å². The molecule has 2 aromatic carbocycles. The van der Waals surface area contributed by atoms with E-state index in [-0.39, 0.29) is 0 Å². The average Bonchev–Trinajstić information content (AvgIpc) is 2.46. The predicted molar refractivity (Wildman–Crippen MR) is 86.8 cm³/mol. The van der Waals surface area contributed by atoms with Crippen LogP contribution < -0.4 is 4.74 Å². The number of aliphatic hydroxyl groups is 1. The minimum Gasteiger partial charge on any atom is -0.491 e. The number of benzene rings is 2. The number of halogens is 1. The third-order valence-corrected chi connectivity index (χ3v) is 3.60. The Morgan fingerprint density at radius 3 is 2.62 bits per heavy atom. The molecule has 1 unspecified atom stereocenters. The number of ether oxygens (including phenoxy) is 2. The van der Waals surface area contributed by atoms with Crippen LogP contribution in [0.15, 0.2) is 46.9 Å². The first-order valence-electron chi connectivity index (χ1n) is 6.77. The van der Waals surface area contributed by atoms with Crippen LogP contribution in [0.1, 0.15) is 22.8 Å². The second-order valence-electron chi connectivity index (χ2n) is 4.84. The SMILES string of the molecule is COCCOc1ccccc1C(O)c1cc(C)cc(Br)c1. The first kappa shape index (κ1) is 16.0. The normalized spacial score (nSPS) is 12.2. The Morgan fingerprint density at radius 2 is 1.90 bits per heavy atom. The maximum absolute atomic E-state index is 10.6. The summed E-state index contributed by atoms with van der Waals surface area (Å²) in [6.07, 6.45) is -0.722. The standard InChI is InChI=1S/C17H19BrO3/c1-12-9-13(11-14(18)10-12)17(19)15-5-3-4-6-16(15)21-8-7-20-2/h3-6,9-11,17,19H,7-8H2,1-2H3. The largest absolute Gasteiger partial charge is 0.491 e. The lowest BCUT2D eigenvalue weighted by atomic mass is 9.99. The molecule has 0 aromatic heterocycles. The van der Waals surface area contributed by atoms with Gasteiger partial charge in [-0.3, -0.25) is 0 Å². The highest BCUT2D eigenvalue weighted by Gasteiger charge is 2.16. The molecule has 0 heterocycles. The maximum Gasteiger partial charge on any atom is 0.125 e. The number of methoxy groups -OCH3 is 1. The number of aryl methyl sites for hydroxylation is 1. The summed E-state index contributed by atoms with van der Waals surface area (Å²) in [6.45, 7) is 2.97. The van der Waals surface area contributed by atoms with Crippen molar-refractivity contribution in [3.8, 4) is 5.75 Å². The van der Waals surface area contributed by atoms with E-state index in [0.717, 1.165) is 21.2 Å². The van der Waals surface area contributed by atoms with E-state index < -0.39 is 6.10 Å². The van der Waals surface area contributed by atoms with E-state index >= 15 is 0 Å². The van der Waals surface area contributed by atoms with Gasteiger partial charge in [-0.15, -0.1) is 0 Å². The second kappa shape index (κ2) is 7.59. The molecule has 0 saturated carbocycles. The molecule has 0 radical (unpaired) electrons. The van der Waals surface area contributed by atoms with Gasteiger partial charge in [-0.2, -0.15) is 0 Å². The number of hydrogen-bond donors (Lipinski definition) is 1. The van der Waals surface area contributed by atoms with Crippen molar-refractivity contribution < 1.29 is 14.6 Å². The number of para-hydroxylation sites is 1. The van der Waals surface area contributed by atoms with E-state index in [2.05, 4.69) is 15.9 Å². The van der Waals surface area contributed by atoms with E-state index in [0.29, 0.717) is 19.0 Å². The Labute approximate surface area is 133 Å². The molecule has 4 heteroatoms. The van der Waals surface area contributed by atoms with Gasteiger partial charge in [-0.1, -0.05) is 40.2 Å². The molecule has 1 atom stereocenters. The second-order valence-corrected chi connectivity index (χ2v) is 5.76. The van der Waals surface area contributed by atoms with E-state index in [1.54, 1.807) is 7.11 Å². The molecule has 112 valence electrons. The smallest absolute Gasteiger partial charge is 0.125 e. The number of hydrogen-bond acceptors (Lipinski definition) is 3. The molecule has 0 aliphatic carbocycles. The highest BCUT2D eigenvalue weighted by atomic mass is 79.9. The Hall–Kier alpha value is -1.36. The molecule has 0 bridgehead atoms. The van der Waals surface area contributed by atoms with Gasteiger partial charge in [0.25, 0.3) is 0 Å². The van der Waals surface area contributed by atoms with Crippen LogP contribution in [-0.4, -0.2) is 25.4 Å². The van der Waals surface area contributed by atoms with Gasteiger partial charge in [-0.05, 0) is 36.2 Å². The molecule has 3 nitrogen and oxygen atoms in total. The molecule has 0 spiro atoms. The van der Waals surface area contributed by atoms with Crippen LogP contribution in [0.3, 0.4) is 0 Å². The van der Waals surface area contributed by atoms with Gasteiger partial charge in [0.1, 0.15) is 18.5 Å². The van der Waals surface area contributed by atoms with Crippen LogP contribution in [0.4, 0.5) is 0 Å². The van der Waals surface area contributed by atoms with Gasteiger partial charge >= 0.3 is 0 Å². The highest BCUT2D eigenvalue weighted by molar-refractivity contribution is 9.10. The lowest BCUT2D eigenvalue weighted by Crippen LogP contribution is -2.08. The van der Waals surface area contributed by atoms with Crippen LogP contribution in [-0.2, 0) is 4.74 Å². The molecule has 2 rings (SSSR count). The van der Waals surface area contributed by atoms with Crippen LogP contribution in [0.2, 0.25) is 0 Å². The molecular weight excluding hydrogens is 332 g/mol. The molecule has 0 saturated heterocycles. The molecule has 1 N–H and O–H groups in total. The van der Waals surface area contributed by atoms with Crippen molar-refractivity contribution >= 4 is 15.9 Å².